The molecule has 1 fully saturated rings. The van der Waals surface area contributed by atoms with Gasteiger partial charge >= 0.3 is 6.09 Å². The van der Waals surface area contributed by atoms with E-state index in [1.807, 2.05) is 81.1 Å². The van der Waals surface area contributed by atoms with Gasteiger partial charge in [0.15, 0.2) is 5.17 Å². The Morgan fingerprint density at radius 1 is 1.09 bits per heavy atom. The third kappa shape index (κ3) is 6.16. The Morgan fingerprint density at radius 3 is 2.26 bits per heavy atom. The van der Waals surface area contributed by atoms with E-state index in [1.165, 1.54) is 11.8 Å². The molecule has 0 bridgehead atoms. The van der Waals surface area contributed by atoms with Gasteiger partial charge in [-0.2, -0.15) is 0 Å². The van der Waals surface area contributed by atoms with Gasteiger partial charge in [0.2, 0.25) is 0 Å². The maximum Gasteiger partial charge on any atom is 0.410 e. The molecule has 0 saturated carbocycles. The summed E-state index contributed by atoms with van der Waals surface area (Å²) >= 11 is 14.0. The zero-order valence-corrected chi connectivity index (χ0v) is 28.2. The molecule has 1 saturated heterocycles. The molecule has 2 aromatic carbocycles. The molecule has 2 amide bonds. The SMILES string of the molecule is CCN(C(=O)C1=C(C(C)C)N2C(=N[C@@](C)(c3ccc(Cl)cc3)[C@H]2c2ccc(Cl)cc2)S1)[C@H]1CCN(C(=O)OC(C)(C)C)C1. The molecular formula is C33H40Cl2N4O3S. The Bertz CT molecular complexity index is 1450. The molecule has 0 aliphatic carbocycles. The summed E-state index contributed by atoms with van der Waals surface area (Å²) in [6, 6.07) is 15.5. The third-order valence-corrected chi connectivity index (χ3v) is 9.79. The van der Waals surface area contributed by atoms with Crippen molar-refractivity contribution in [1.82, 2.24) is 14.7 Å². The summed E-state index contributed by atoms with van der Waals surface area (Å²) in [7, 11) is 0. The minimum Gasteiger partial charge on any atom is -0.444 e. The van der Waals surface area contributed by atoms with Gasteiger partial charge in [0, 0.05) is 35.4 Å². The van der Waals surface area contributed by atoms with E-state index >= 15 is 0 Å². The maximum atomic E-state index is 14.4. The Labute approximate surface area is 269 Å². The number of benzene rings is 2. The minimum absolute atomic E-state index is 0.0209. The number of carbonyl (C=O) groups is 2. The van der Waals surface area contributed by atoms with Gasteiger partial charge in [-0.3, -0.25) is 4.79 Å². The molecular weight excluding hydrogens is 603 g/mol. The van der Waals surface area contributed by atoms with E-state index in [1.54, 1.807) is 4.90 Å². The number of rotatable bonds is 6. The van der Waals surface area contributed by atoms with Crippen molar-refractivity contribution < 1.29 is 14.3 Å². The number of allylic oxidation sites excluding steroid dienone is 1. The average molecular weight is 644 g/mol. The highest BCUT2D eigenvalue weighted by atomic mass is 35.5. The van der Waals surface area contributed by atoms with E-state index in [4.69, 9.17) is 32.9 Å². The zero-order valence-electron chi connectivity index (χ0n) is 25.9. The van der Waals surface area contributed by atoms with Crippen LogP contribution in [-0.4, -0.2) is 63.1 Å². The van der Waals surface area contributed by atoms with E-state index in [-0.39, 0.29) is 30.0 Å². The number of thioether (sulfide) groups is 1. The average Bonchev–Trinajstić information content (AvgIpc) is 3.62. The highest BCUT2D eigenvalue weighted by Crippen LogP contribution is 2.56. The molecule has 43 heavy (non-hydrogen) atoms. The van der Waals surface area contributed by atoms with Crippen molar-refractivity contribution in [3.05, 3.63) is 80.3 Å². The van der Waals surface area contributed by atoms with Crippen molar-refractivity contribution in [2.24, 2.45) is 10.9 Å². The molecule has 0 unspecified atom stereocenters. The molecule has 0 N–H and O–H groups in total. The number of likely N-dealkylation sites (tertiary alicyclic amines) is 1. The van der Waals surface area contributed by atoms with E-state index in [0.717, 1.165) is 22.0 Å². The Morgan fingerprint density at radius 2 is 1.70 bits per heavy atom. The number of ether oxygens (including phenoxy) is 1. The van der Waals surface area contributed by atoms with E-state index in [0.29, 0.717) is 41.0 Å². The first kappa shape index (κ1) is 31.7. The summed E-state index contributed by atoms with van der Waals surface area (Å²) in [5.74, 6) is 0.0365. The number of hydrogen-bond acceptors (Lipinski definition) is 6. The van der Waals surface area contributed by atoms with Crippen molar-refractivity contribution in [2.45, 2.75) is 78.1 Å². The van der Waals surface area contributed by atoms with Crippen molar-refractivity contribution >= 4 is 52.1 Å². The number of likely N-dealkylation sites (N-methyl/N-ethyl adjacent to an activating group) is 1. The number of amides is 2. The molecule has 230 valence electrons. The summed E-state index contributed by atoms with van der Waals surface area (Å²) in [6.07, 6.45) is 0.374. The standard InChI is InChI=1S/C33H40Cl2N4O3S/c1-8-38(25-17-18-37(19-25)31(41)42-32(4,5)6)29(40)27-26(20(2)3)39-28(21-9-13-23(34)14-10-21)33(7,36-30(39)43-27)22-11-15-24(35)16-12-22/h9-16,20,25,28H,8,17-19H2,1-7H3/t25-,28+,33-/m0/s1. The van der Waals surface area contributed by atoms with Crippen LogP contribution in [0.2, 0.25) is 10.0 Å². The molecule has 7 nitrogen and oxygen atoms in total. The first-order chi connectivity index (χ1) is 20.2. The van der Waals surface area contributed by atoms with E-state index in [2.05, 4.69) is 25.7 Å². The third-order valence-electron chi connectivity index (χ3n) is 8.22. The van der Waals surface area contributed by atoms with Crippen molar-refractivity contribution in [3.8, 4) is 0 Å². The second-order valence-electron chi connectivity index (χ2n) is 12.8. The zero-order chi connectivity index (χ0) is 31.3. The van der Waals surface area contributed by atoms with Crippen LogP contribution in [0.5, 0.6) is 0 Å². The molecule has 0 radical (unpaired) electrons. The lowest BCUT2D eigenvalue weighted by Crippen LogP contribution is -2.44. The molecule has 3 aliphatic heterocycles. The molecule has 3 atom stereocenters. The Kier molecular flexibility index (Phi) is 8.87. The predicted octanol–water partition coefficient (Wildman–Crippen LogP) is 8.09. The van der Waals surface area contributed by atoms with Crippen LogP contribution in [0, 0.1) is 5.92 Å². The number of nitrogens with zero attached hydrogens (tertiary/aromatic N) is 4. The van der Waals surface area contributed by atoms with Crippen LogP contribution in [0.1, 0.15) is 72.1 Å². The van der Waals surface area contributed by atoms with Crippen LogP contribution in [0.3, 0.4) is 0 Å². The van der Waals surface area contributed by atoms with Crippen LogP contribution in [0.25, 0.3) is 0 Å². The predicted molar refractivity (Wildman–Crippen MR) is 175 cm³/mol. The summed E-state index contributed by atoms with van der Waals surface area (Å²) in [6.45, 7) is 15.5. The quantitative estimate of drug-likeness (QED) is 0.319. The second-order valence-corrected chi connectivity index (χ2v) is 14.7. The van der Waals surface area contributed by atoms with Crippen LogP contribution in [0.4, 0.5) is 4.79 Å². The molecule has 10 heteroatoms. The van der Waals surface area contributed by atoms with Gasteiger partial charge in [-0.1, -0.05) is 61.3 Å². The van der Waals surface area contributed by atoms with Gasteiger partial charge < -0.3 is 19.4 Å². The Hall–Kier alpha value is -2.68. The summed E-state index contributed by atoms with van der Waals surface area (Å²) in [5.41, 5.74) is 1.87. The minimum atomic E-state index is -0.626. The normalized spacial score (nSPS) is 23.6. The first-order valence-corrected chi connectivity index (χ1v) is 16.4. The van der Waals surface area contributed by atoms with Crippen molar-refractivity contribution in [1.29, 1.82) is 0 Å². The van der Waals surface area contributed by atoms with Crippen molar-refractivity contribution in [3.63, 3.8) is 0 Å². The number of aliphatic imine (C=N–C) groups is 1. The molecule has 3 aliphatic rings. The number of amidine groups is 1. The van der Waals surface area contributed by atoms with Gasteiger partial charge in [0.25, 0.3) is 5.91 Å². The topological polar surface area (TPSA) is 65.5 Å². The fourth-order valence-electron chi connectivity index (χ4n) is 6.25. The van der Waals surface area contributed by atoms with Crippen LogP contribution >= 0.6 is 35.0 Å². The monoisotopic (exact) mass is 642 g/mol. The Balaban J connectivity index is 1.50. The van der Waals surface area contributed by atoms with Crippen molar-refractivity contribution in [2.75, 3.05) is 19.6 Å². The number of hydrogen-bond donors (Lipinski definition) is 0. The smallest absolute Gasteiger partial charge is 0.410 e. The molecule has 2 aromatic rings. The fourth-order valence-corrected chi connectivity index (χ4v) is 7.87. The molecule has 0 aromatic heterocycles. The number of halogens is 2. The van der Waals surface area contributed by atoms with Crippen LogP contribution in [0.15, 0.2) is 64.1 Å². The summed E-state index contributed by atoms with van der Waals surface area (Å²) < 4.78 is 5.60. The lowest BCUT2D eigenvalue weighted by atomic mass is 9.81. The molecule has 0 spiro atoms. The van der Waals surface area contributed by atoms with Crippen LogP contribution in [-0.2, 0) is 15.1 Å². The summed E-state index contributed by atoms with van der Waals surface area (Å²) in [4.78, 5) is 39.0. The lowest BCUT2D eigenvalue weighted by molar-refractivity contribution is -0.128. The lowest BCUT2D eigenvalue weighted by Gasteiger charge is -2.37. The fraction of sp³-hybridized carbons (Fsp3) is 0.485. The highest BCUT2D eigenvalue weighted by Gasteiger charge is 2.53. The van der Waals surface area contributed by atoms with Gasteiger partial charge in [-0.15, -0.1) is 0 Å². The highest BCUT2D eigenvalue weighted by molar-refractivity contribution is 8.18. The summed E-state index contributed by atoms with van der Waals surface area (Å²) in [5, 5.41) is 2.14. The maximum absolute atomic E-state index is 14.4. The second kappa shape index (κ2) is 12.0. The van der Waals surface area contributed by atoms with Gasteiger partial charge in [-0.05, 0) is 94.1 Å². The number of carbonyl (C=O) groups excluding carboxylic acids is 2. The van der Waals surface area contributed by atoms with Gasteiger partial charge in [0.05, 0.1) is 12.1 Å². The first-order valence-electron chi connectivity index (χ1n) is 14.8. The largest absolute Gasteiger partial charge is 0.444 e. The number of fused-ring (bicyclic) bond motifs is 1. The molecule has 5 rings (SSSR count). The van der Waals surface area contributed by atoms with Gasteiger partial charge in [0.1, 0.15) is 16.0 Å². The molecule has 3 heterocycles. The van der Waals surface area contributed by atoms with E-state index in [9.17, 15) is 9.59 Å². The van der Waals surface area contributed by atoms with E-state index < -0.39 is 11.1 Å². The van der Waals surface area contributed by atoms with Gasteiger partial charge in [-0.25, -0.2) is 9.79 Å². The van der Waals surface area contributed by atoms with Crippen LogP contribution < -0.4 is 0 Å².